The number of aliphatic carboxylic acids is 1. The van der Waals surface area contributed by atoms with Gasteiger partial charge in [-0.2, -0.15) is 0 Å². The summed E-state index contributed by atoms with van der Waals surface area (Å²) < 4.78 is 5.65. The predicted octanol–water partition coefficient (Wildman–Crippen LogP) is 2.87. The number of hydrogen-bond donors (Lipinski definition) is 2. The standard InChI is InChI=1S/C16H16ClNO3/c17-14-9-13(21-10-11-4-2-1-3-5-11)7-6-12(14)8-15(18)16(19)20/h1-7,9,15H,8,10,18H2,(H,19,20)/t15-/m0/s1. The topological polar surface area (TPSA) is 72.5 Å². The van der Waals surface area contributed by atoms with Crippen molar-refractivity contribution in [1.29, 1.82) is 0 Å². The summed E-state index contributed by atoms with van der Waals surface area (Å²) in [5.41, 5.74) is 7.25. The number of carbonyl (C=O) groups is 1. The fourth-order valence-electron chi connectivity index (χ4n) is 1.85. The number of benzene rings is 2. The number of carboxylic acid groups (broad SMARTS) is 1. The highest BCUT2D eigenvalue weighted by Crippen LogP contribution is 2.24. The van der Waals surface area contributed by atoms with Gasteiger partial charge in [0.1, 0.15) is 18.4 Å². The third-order valence-corrected chi connectivity index (χ3v) is 3.38. The lowest BCUT2D eigenvalue weighted by atomic mass is 10.1. The quantitative estimate of drug-likeness (QED) is 0.860. The predicted molar refractivity (Wildman–Crippen MR) is 81.5 cm³/mol. The van der Waals surface area contributed by atoms with Gasteiger partial charge in [0.25, 0.3) is 0 Å². The van der Waals surface area contributed by atoms with E-state index in [2.05, 4.69) is 0 Å². The van der Waals surface area contributed by atoms with E-state index in [4.69, 9.17) is 27.2 Å². The summed E-state index contributed by atoms with van der Waals surface area (Å²) in [4.78, 5) is 10.7. The molecule has 0 amide bonds. The van der Waals surface area contributed by atoms with Gasteiger partial charge in [-0.25, -0.2) is 0 Å². The van der Waals surface area contributed by atoms with Crippen molar-refractivity contribution in [1.82, 2.24) is 0 Å². The van der Waals surface area contributed by atoms with E-state index in [1.165, 1.54) is 0 Å². The molecule has 0 fully saturated rings. The van der Waals surface area contributed by atoms with Crippen molar-refractivity contribution in [3.05, 3.63) is 64.7 Å². The minimum absolute atomic E-state index is 0.188. The van der Waals surface area contributed by atoms with Gasteiger partial charge in [-0.1, -0.05) is 48.0 Å². The van der Waals surface area contributed by atoms with Gasteiger partial charge in [-0.05, 0) is 29.7 Å². The smallest absolute Gasteiger partial charge is 0.320 e. The van der Waals surface area contributed by atoms with Crippen molar-refractivity contribution >= 4 is 17.6 Å². The van der Waals surface area contributed by atoms with Crippen molar-refractivity contribution in [3.63, 3.8) is 0 Å². The fraction of sp³-hybridized carbons (Fsp3) is 0.188. The van der Waals surface area contributed by atoms with Crippen LogP contribution >= 0.6 is 11.6 Å². The van der Waals surface area contributed by atoms with Crippen molar-refractivity contribution in [2.75, 3.05) is 0 Å². The van der Waals surface area contributed by atoms with Crippen LogP contribution in [-0.4, -0.2) is 17.1 Å². The van der Waals surface area contributed by atoms with Crippen molar-refractivity contribution in [2.24, 2.45) is 5.73 Å². The second-order valence-corrected chi connectivity index (χ2v) is 5.08. The second kappa shape index (κ2) is 7.11. The molecule has 0 aliphatic carbocycles. The van der Waals surface area contributed by atoms with Crippen LogP contribution in [0.25, 0.3) is 0 Å². The van der Waals surface area contributed by atoms with Crippen molar-refractivity contribution in [3.8, 4) is 5.75 Å². The summed E-state index contributed by atoms with van der Waals surface area (Å²) in [5.74, 6) is -0.410. The van der Waals surface area contributed by atoms with Gasteiger partial charge in [0.2, 0.25) is 0 Å². The molecule has 3 N–H and O–H groups in total. The molecular formula is C16H16ClNO3. The molecule has 0 spiro atoms. The van der Waals surface area contributed by atoms with Crippen molar-refractivity contribution < 1.29 is 14.6 Å². The first-order valence-electron chi connectivity index (χ1n) is 6.50. The van der Waals surface area contributed by atoms with Crippen molar-refractivity contribution in [2.45, 2.75) is 19.1 Å². The van der Waals surface area contributed by atoms with Crippen LogP contribution in [0.2, 0.25) is 5.02 Å². The minimum atomic E-state index is -1.05. The zero-order valence-electron chi connectivity index (χ0n) is 11.3. The lowest BCUT2D eigenvalue weighted by Crippen LogP contribution is -2.32. The number of rotatable bonds is 6. The van der Waals surface area contributed by atoms with E-state index in [0.717, 1.165) is 5.56 Å². The maximum Gasteiger partial charge on any atom is 0.320 e. The molecule has 2 aromatic rings. The van der Waals surface area contributed by atoms with Crippen LogP contribution in [0.4, 0.5) is 0 Å². The molecule has 0 unspecified atom stereocenters. The molecule has 21 heavy (non-hydrogen) atoms. The Hall–Kier alpha value is -2.04. The molecule has 2 aromatic carbocycles. The third-order valence-electron chi connectivity index (χ3n) is 3.03. The third kappa shape index (κ3) is 4.48. The Morgan fingerprint density at radius 3 is 2.57 bits per heavy atom. The highest BCUT2D eigenvalue weighted by molar-refractivity contribution is 6.31. The monoisotopic (exact) mass is 305 g/mol. The molecule has 0 saturated heterocycles. The summed E-state index contributed by atoms with van der Waals surface area (Å²) in [7, 11) is 0. The van der Waals surface area contributed by atoms with E-state index in [1.807, 2.05) is 30.3 Å². The second-order valence-electron chi connectivity index (χ2n) is 4.68. The van der Waals surface area contributed by atoms with Crippen LogP contribution in [0, 0.1) is 0 Å². The van der Waals surface area contributed by atoms with E-state index >= 15 is 0 Å². The molecule has 2 rings (SSSR count). The summed E-state index contributed by atoms with van der Waals surface area (Å²) in [6, 6.07) is 14.0. The van der Waals surface area contributed by atoms with Gasteiger partial charge in [-0.3, -0.25) is 4.79 Å². The van der Waals surface area contributed by atoms with Crippen LogP contribution in [0.1, 0.15) is 11.1 Å². The van der Waals surface area contributed by atoms with Crippen LogP contribution in [0.5, 0.6) is 5.75 Å². The average molecular weight is 306 g/mol. The Kier molecular flexibility index (Phi) is 5.20. The van der Waals surface area contributed by atoms with E-state index in [0.29, 0.717) is 22.9 Å². The normalized spacial score (nSPS) is 11.9. The lowest BCUT2D eigenvalue weighted by Gasteiger charge is -2.11. The minimum Gasteiger partial charge on any atom is -0.489 e. The number of halogens is 1. The van der Waals surface area contributed by atoms with Gasteiger partial charge in [-0.15, -0.1) is 0 Å². The van der Waals surface area contributed by atoms with Crippen LogP contribution in [-0.2, 0) is 17.8 Å². The summed E-state index contributed by atoms with van der Waals surface area (Å²) in [6.07, 6.45) is 0.188. The first-order chi connectivity index (χ1) is 10.1. The summed E-state index contributed by atoms with van der Waals surface area (Å²) >= 11 is 6.13. The van der Waals surface area contributed by atoms with E-state index in [1.54, 1.807) is 18.2 Å². The Bertz CT molecular complexity index is 616. The highest BCUT2D eigenvalue weighted by Gasteiger charge is 2.14. The molecular weight excluding hydrogens is 290 g/mol. The molecule has 0 saturated carbocycles. The van der Waals surface area contributed by atoms with E-state index < -0.39 is 12.0 Å². The Labute approximate surface area is 128 Å². The number of hydrogen-bond acceptors (Lipinski definition) is 3. The highest BCUT2D eigenvalue weighted by atomic mass is 35.5. The van der Waals surface area contributed by atoms with E-state index in [-0.39, 0.29) is 6.42 Å². The molecule has 5 heteroatoms. The van der Waals surface area contributed by atoms with Gasteiger partial charge >= 0.3 is 5.97 Å². The van der Waals surface area contributed by atoms with Gasteiger partial charge in [0, 0.05) is 5.02 Å². The Balaban J connectivity index is 2.00. The Morgan fingerprint density at radius 1 is 1.24 bits per heavy atom. The molecule has 4 nitrogen and oxygen atoms in total. The van der Waals surface area contributed by atoms with Crippen LogP contribution in [0.15, 0.2) is 48.5 Å². The van der Waals surface area contributed by atoms with Gasteiger partial charge in [0.05, 0.1) is 0 Å². The molecule has 110 valence electrons. The maximum absolute atomic E-state index is 10.7. The SMILES string of the molecule is N[C@@H](Cc1ccc(OCc2ccccc2)cc1Cl)C(=O)O. The maximum atomic E-state index is 10.7. The zero-order valence-corrected chi connectivity index (χ0v) is 12.1. The molecule has 0 aliphatic heterocycles. The molecule has 0 aromatic heterocycles. The molecule has 1 atom stereocenters. The van der Waals surface area contributed by atoms with Crippen LogP contribution in [0.3, 0.4) is 0 Å². The molecule has 0 bridgehead atoms. The summed E-state index contributed by atoms with van der Waals surface area (Å²) in [5, 5.41) is 9.26. The number of carboxylic acids is 1. The van der Waals surface area contributed by atoms with E-state index in [9.17, 15) is 4.79 Å². The number of ether oxygens (including phenoxy) is 1. The average Bonchev–Trinajstić information content (AvgIpc) is 2.48. The lowest BCUT2D eigenvalue weighted by molar-refractivity contribution is -0.138. The largest absolute Gasteiger partial charge is 0.489 e. The number of nitrogens with two attached hydrogens (primary N) is 1. The first-order valence-corrected chi connectivity index (χ1v) is 6.87. The first kappa shape index (κ1) is 15.4. The molecule has 0 radical (unpaired) electrons. The Morgan fingerprint density at radius 2 is 1.95 bits per heavy atom. The zero-order chi connectivity index (χ0) is 15.2. The van der Waals surface area contributed by atoms with Crippen LogP contribution < -0.4 is 10.5 Å². The van der Waals surface area contributed by atoms with Gasteiger partial charge in [0.15, 0.2) is 0 Å². The van der Waals surface area contributed by atoms with Gasteiger partial charge < -0.3 is 15.6 Å². The summed E-state index contributed by atoms with van der Waals surface area (Å²) in [6.45, 7) is 0.450. The molecule has 0 aliphatic rings. The molecule has 0 heterocycles. The fourth-order valence-corrected chi connectivity index (χ4v) is 2.10.